The predicted molar refractivity (Wildman–Crippen MR) is 530 cm³/mol. The Labute approximate surface area is 766 Å². The summed E-state index contributed by atoms with van der Waals surface area (Å²) in [6, 6.07) is 93.9. The van der Waals surface area contributed by atoms with E-state index in [-0.39, 0.29) is 24.5 Å². The Morgan fingerprint density at radius 2 is 0.699 bits per heavy atom. The summed E-state index contributed by atoms with van der Waals surface area (Å²) >= 11 is 0. The van der Waals surface area contributed by atoms with Gasteiger partial charge in [0, 0.05) is 109 Å². The molecule has 0 aliphatic heterocycles. The number of para-hydroxylation sites is 1. The fourth-order valence-corrected chi connectivity index (χ4v) is 19.0. The topological polar surface area (TPSA) is 338 Å². The molecule has 0 spiro atoms. The number of rotatable bonds is 15. The van der Waals surface area contributed by atoms with E-state index in [1.54, 1.807) is 6.33 Å². The maximum atomic E-state index is 12.2. The zero-order valence-electron chi connectivity index (χ0n) is 73.3. The van der Waals surface area contributed by atoms with Crippen molar-refractivity contribution in [2.75, 3.05) is 36.1 Å². The van der Waals surface area contributed by atoms with Crippen LogP contribution in [0.2, 0.25) is 0 Å². The van der Waals surface area contributed by atoms with E-state index in [4.69, 9.17) is 52.7 Å². The Morgan fingerprint density at radius 3 is 1.09 bits per heavy atom. The van der Waals surface area contributed by atoms with Gasteiger partial charge in [-0.05, 0) is 161 Å². The van der Waals surface area contributed by atoms with Gasteiger partial charge < -0.3 is 46.5 Å². The molecule has 654 valence electrons. The average Bonchev–Trinajstić information content (AvgIpc) is 1.62. The molecule has 0 unspecified atom stereocenters. The largest absolute Gasteiger partial charge is 0.466 e. The van der Waals surface area contributed by atoms with Crippen LogP contribution in [0.15, 0.2) is 317 Å². The summed E-state index contributed by atoms with van der Waals surface area (Å²) in [7, 11) is 0. The predicted octanol–water partition coefficient (Wildman–Crippen LogP) is 22.7. The summed E-state index contributed by atoms with van der Waals surface area (Å²) in [5, 5.41) is 22.2. The standard InChI is InChI=1S/C30H29N5O2.C28H27N5O.C27H19N5.C24H20N6/c1-2-37-30(36)21-10-13-23(14-11-21)35-17-24(27-28(31)32-18-33-29(27)35)22-9-8-20-12-15-25(34-26(20)16-22)19-6-4-3-5-7-19;29-27-26-23(15-33(28(26)31-17-30-27)22-11-6-18(16-34)7-12-22)21-9-8-20-10-13-24(32-25(20)14-21)19-4-2-1-3-5-19;28-26-25-22(16-32(27(25)30-17-29-26)21-9-5-2-6-10-21)20-12-11-19-13-14-23(31-24(19)15-20)18-7-3-1-4-8-18;25-23-21-22(29-30(18-7-4-8-18)24(21)27-14-26-23)17-10-9-16-11-12-19(28-20(16)13-17)15-5-2-1-3-6-15/h3-9,12,15-18,21,23H,2,10-11,13-14H2,1H3,(H2,31,32,33);1-5,8-10,13-15,17-18,22,34H,6-7,11-12,16H2,(H2,29,30,31);1-17H,(H2,28,29,30);1-3,5-6,9-14,18H,4,7-8H2,(H2,25,26,27). The number of benzene rings is 9. The number of nitrogens with zero attached hydrogens (tertiary/aromatic N) is 17. The van der Waals surface area contributed by atoms with Crippen LogP contribution in [0, 0.1) is 11.8 Å². The Bertz CT molecular complexity index is 7870. The molecule has 9 N–H and O–H groups in total. The number of ether oxygens (including phenoxy) is 1. The van der Waals surface area contributed by atoms with Gasteiger partial charge in [0.25, 0.3) is 0 Å². The van der Waals surface area contributed by atoms with Crippen molar-refractivity contribution in [3.63, 3.8) is 0 Å². The van der Waals surface area contributed by atoms with Gasteiger partial charge in [-0.1, -0.05) is 212 Å². The molecule has 0 atom stereocenters. The highest BCUT2D eigenvalue weighted by Crippen LogP contribution is 2.45. The highest BCUT2D eigenvalue weighted by molar-refractivity contribution is 6.06. The lowest BCUT2D eigenvalue weighted by Crippen LogP contribution is -2.25. The number of aromatic nitrogens is 17. The van der Waals surface area contributed by atoms with E-state index in [0.717, 1.165) is 247 Å². The summed E-state index contributed by atoms with van der Waals surface area (Å²) in [5.74, 6) is 2.19. The van der Waals surface area contributed by atoms with Gasteiger partial charge >= 0.3 is 5.97 Å². The van der Waals surface area contributed by atoms with Gasteiger partial charge in [0.15, 0.2) is 11.3 Å². The molecule has 24 rings (SSSR count). The smallest absolute Gasteiger partial charge is 0.308 e. The fraction of sp³-hybridized carbons (Fsp3) is 0.174. The van der Waals surface area contributed by atoms with Crippen molar-refractivity contribution in [2.24, 2.45) is 11.8 Å². The number of aliphatic hydroxyl groups excluding tert-OH is 1. The average molecular weight is 1750 g/mol. The van der Waals surface area contributed by atoms with Crippen LogP contribution >= 0.6 is 0 Å². The minimum absolute atomic E-state index is 0.0254. The van der Waals surface area contributed by atoms with Crippen molar-refractivity contribution in [1.82, 2.24) is 83.3 Å². The van der Waals surface area contributed by atoms with Crippen LogP contribution in [0.4, 0.5) is 23.3 Å². The Balaban J connectivity index is 0.000000107. The molecule has 0 bridgehead atoms. The van der Waals surface area contributed by atoms with E-state index in [0.29, 0.717) is 47.9 Å². The maximum absolute atomic E-state index is 12.2. The molecule has 12 aromatic heterocycles. The van der Waals surface area contributed by atoms with Crippen molar-refractivity contribution in [2.45, 2.75) is 95.7 Å². The van der Waals surface area contributed by atoms with E-state index < -0.39 is 0 Å². The molecule has 21 aromatic rings. The first-order valence-corrected chi connectivity index (χ1v) is 45.4. The number of aliphatic hydroxyl groups is 1. The number of carbonyl (C=O) groups excluding carboxylic acids is 1. The highest BCUT2D eigenvalue weighted by atomic mass is 16.5. The number of nitrogens with two attached hydrogens (primary N) is 4. The molecule has 0 radical (unpaired) electrons. The number of hydrogen-bond acceptors (Lipinski definition) is 20. The molecule has 133 heavy (non-hydrogen) atoms. The van der Waals surface area contributed by atoms with Crippen LogP contribution in [0.5, 0.6) is 0 Å². The summed E-state index contributed by atoms with van der Waals surface area (Å²) in [6.07, 6.45) is 23.5. The third-order valence-corrected chi connectivity index (χ3v) is 26.3. The van der Waals surface area contributed by atoms with Crippen LogP contribution in [-0.2, 0) is 9.53 Å². The third-order valence-electron chi connectivity index (χ3n) is 26.3. The van der Waals surface area contributed by atoms with Gasteiger partial charge in [0.2, 0.25) is 0 Å². The lowest BCUT2D eigenvalue weighted by molar-refractivity contribution is -0.149. The number of fused-ring (bicyclic) bond motifs is 8. The monoisotopic (exact) mass is 1750 g/mol. The fourth-order valence-electron chi connectivity index (χ4n) is 19.0. The number of hydrogen-bond donors (Lipinski definition) is 5. The van der Waals surface area contributed by atoms with Gasteiger partial charge in [0.05, 0.1) is 85.0 Å². The molecule has 24 nitrogen and oxygen atoms in total. The molecule has 12 heterocycles. The van der Waals surface area contributed by atoms with Crippen molar-refractivity contribution in [3.8, 4) is 95.4 Å². The molecule has 0 amide bonds. The number of nitrogen functional groups attached to an aromatic ring is 4. The number of anilines is 4. The first-order chi connectivity index (χ1) is 65.4. The van der Waals surface area contributed by atoms with E-state index in [1.165, 1.54) is 25.4 Å². The van der Waals surface area contributed by atoms with E-state index in [1.807, 2.05) is 103 Å². The number of esters is 1. The van der Waals surface area contributed by atoms with Crippen molar-refractivity contribution in [1.29, 1.82) is 0 Å². The minimum atomic E-state index is -0.0795. The third kappa shape index (κ3) is 16.8. The van der Waals surface area contributed by atoms with Crippen molar-refractivity contribution >= 4 is 117 Å². The molecule has 9 aromatic carbocycles. The summed E-state index contributed by atoms with van der Waals surface area (Å²) in [4.78, 5) is 67.4. The van der Waals surface area contributed by atoms with Crippen LogP contribution < -0.4 is 22.9 Å². The molecular formula is C109H95N21O3. The van der Waals surface area contributed by atoms with Crippen molar-refractivity contribution in [3.05, 3.63) is 317 Å². The van der Waals surface area contributed by atoms with E-state index in [2.05, 4.69) is 254 Å². The summed E-state index contributed by atoms with van der Waals surface area (Å²) in [6.45, 7) is 2.55. The quantitative estimate of drug-likeness (QED) is 0.0595. The molecular weight excluding hydrogens is 1650 g/mol. The molecule has 3 fully saturated rings. The van der Waals surface area contributed by atoms with Gasteiger partial charge in [-0.15, -0.1) is 0 Å². The van der Waals surface area contributed by atoms with Crippen molar-refractivity contribution < 1.29 is 14.6 Å². The second-order valence-electron chi connectivity index (χ2n) is 34.4. The second kappa shape index (κ2) is 36.7. The van der Waals surface area contributed by atoms with Crippen LogP contribution in [0.25, 0.3) is 183 Å². The van der Waals surface area contributed by atoms with Crippen LogP contribution in [0.1, 0.15) is 95.7 Å². The lowest BCUT2D eigenvalue weighted by Gasteiger charge is -2.28. The molecule has 0 saturated heterocycles. The molecule has 24 heteroatoms. The Kier molecular flexibility index (Phi) is 23.0. The first kappa shape index (κ1) is 83.6. The van der Waals surface area contributed by atoms with Crippen LogP contribution in [-0.4, -0.2) is 108 Å². The molecule has 3 saturated carbocycles. The zero-order chi connectivity index (χ0) is 90.0. The second-order valence-corrected chi connectivity index (χ2v) is 34.4. The van der Waals surface area contributed by atoms with Crippen LogP contribution in [0.3, 0.4) is 0 Å². The summed E-state index contributed by atoms with van der Waals surface area (Å²) < 4.78 is 13.8. The van der Waals surface area contributed by atoms with Gasteiger partial charge in [0.1, 0.15) is 65.6 Å². The number of carbonyl (C=O) groups is 1. The Hall–Kier alpha value is -16.3. The zero-order valence-corrected chi connectivity index (χ0v) is 73.3. The highest BCUT2D eigenvalue weighted by Gasteiger charge is 2.32. The van der Waals surface area contributed by atoms with E-state index >= 15 is 0 Å². The first-order valence-electron chi connectivity index (χ1n) is 45.4. The lowest BCUT2D eigenvalue weighted by atomic mass is 9.86. The van der Waals surface area contributed by atoms with E-state index in [9.17, 15) is 9.90 Å². The summed E-state index contributed by atoms with van der Waals surface area (Å²) in [5.41, 5.74) is 49.5. The Morgan fingerprint density at radius 1 is 0.353 bits per heavy atom. The minimum Gasteiger partial charge on any atom is -0.466 e. The van der Waals surface area contributed by atoms with Gasteiger partial charge in [-0.2, -0.15) is 5.10 Å². The normalized spacial score (nSPS) is 15.6. The maximum Gasteiger partial charge on any atom is 0.308 e. The number of pyridine rings is 4. The van der Waals surface area contributed by atoms with Gasteiger partial charge in [-0.3, -0.25) is 4.79 Å². The SMILES string of the molecule is CCOC(=O)C1CCC(n2cc(-c3ccc4ccc(-c5ccccc5)nc4c3)c3c(N)ncnc32)CC1.Nc1ncnc2c1c(-c1ccc3ccc(-c4ccccc4)nc3c1)cn2-c1ccccc1.Nc1ncnc2c1c(-c1ccc3ccc(-c4ccccc4)nc3c1)cn2C1CCC(CO)CC1.Nc1ncnc2c1c(-c1ccc3ccc(-c4ccccc4)nc3c1)nn2C1CCC1. The molecule has 3 aliphatic carbocycles. The molecule has 3 aliphatic rings. The van der Waals surface area contributed by atoms with Gasteiger partial charge in [-0.25, -0.2) is 64.5 Å².